The van der Waals surface area contributed by atoms with Gasteiger partial charge < -0.3 is 5.32 Å². The van der Waals surface area contributed by atoms with E-state index in [4.69, 9.17) is 23.2 Å². The summed E-state index contributed by atoms with van der Waals surface area (Å²) in [6, 6.07) is 9.82. The van der Waals surface area contributed by atoms with Crippen LogP contribution in [0.2, 0.25) is 10.0 Å². The minimum atomic E-state index is -3.92. The van der Waals surface area contributed by atoms with Gasteiger partial charge in [0.15, 0.2) is 0 Å². The van der Waals surface area contributed by atoms with Gasteiger partial charge in [-0.3, -0.25) is 9.52 Å². The quantitative estimate of drug-likeness (QED) is 0.610. The number of nitrogens with zero attached hydrogens (tertiary/aromatic N) is 3. The first kappa shape index (κ1) is 20.1. The lowest BCUT2D eigenvalue weighted by Crippen LogP contribution is -2.24. The number of carbonyl (C=O) groups is 1. The summed E-state index contributed by atoms with van der Waals surface area (Å²) in [6.45, 7) is 1.68. The van der Waals surface area contributed by atoms with Crippen LogP contribution in [0.3, 0.4) is 0 Å². The summed E-state index contributed by atoms with van der Waals surface area (Å²) in [7, 11) is -3.92. The molecule has 3 aromatic rings. The summed E-state index contributed by atoms with van der Waals surface area (Å²) in [5.41, 5.74) is 0.805. The number of halogens is 2. The van der Waals surface area contributed by atoms with Crippen molar-refractivity contribution in [2.45, 2.75) is 17.9 Å². The standard InChI is InChI=1S/C17H15Cl2N5O3S/c1-11(24-10-20-9-21-24)17(25)22-13-3-5-14(6-4-13)23-28(26,27)16-8-12(18)2-7-15(16)19/h2-11,23H,1H3,(H,22,25)/t11-/m1/s1. The van der Waals surface area contributed by atoms with Gasteiger partial charge in [-0.1, -0.05) is 23.2 Å². The molecule has 0 radical (unpaired) electrons. The molecular formula is C17H15Cl2N5O3S. The first-order valence-corrected chi connectivity index (χ1v) is 10.2. The van der Waals surface area contributed by atoms with Gasteiger partial charge in [0, 0.05) is 16.4 Å². The van der Waals surface area contributed by atoms with E-state index in [0.717, 1.165) is 0 Å². The summed E-state index contributed by atoms with van der Waals surface area (Å²) in [4.78, 5) is 15.9. The van der Waals surface area contributed by atoms with E-state index in [2.05, 4.69) is 20.1 Å². The van der Waals surface area contributed by atoms with Crippen LogP contribution < -0.4 is 10.0 Å². The van der Waals surface area contributed by atoms with Crippen molar-refractivity contribution in [2.75, 3.05) is 10.0 Å². The number of amides is 1. The highest BCUT2D eigenvalue weighted by molar-refractivity contribution is 7.92. The van der Waals surface area contributed by atoms with Gasteiger partial charge in [0.05, 0.1) is 5.02 Å². The van der Waals surface area contributed by atoms with Gasteiger partial charge >= 0.3 is 0 Å². The van der Waals surface area contributed by atoms with E-state index in [1.54, 1.807) is 19.1 Å². The van der Waals surface area contributed by atoms with Crippen LogP contribution in [-0.4, -0.2) is 29.1 Å². The zero-order valence-corrected chi connectivity index (χ0v) is 16.8. The van der Waals surface area contributed by atoms with E-state index in [0.29, 0.717) is 11.4 Å². The lowest BCUT2D eigenvalue weighted by Gasteiger charge is -2.13. The van der Waals surface area contributed by atoms with Crippen molar-refractivity contribution in [3.63, 3.8) is 0 Å². The van der Waals surface area contributed by atoms with Crippen molar-refractivity contribution in [3.05, 3.63) is 65.2 Å². The van der Waals surface area contributed by atoms with Gasteiger partial charge in [-0.15, -0.1) is 0 Å². The normalized spacial score (nSPS) is 12.4. The molecule has 0 spiro atoms. The van der Waals surface area contributed by atoms with Crippen LogP contribution in [0.5, 0.6) is 0 Å². The molecule has 0 fully saturated rings. The smallest absolute Gasteiger partial charge is 0.263 e. The molecule has 1 heterocycles. The number of rotatable bonds is 6. The molecule has 0 unspecified atom stereocenters. The van der Waals surface area contributed by atoms with Gasteiger partial charge in [0.1, 0.15) is 23.6 Å². The number of carbonyl (C=O) groups excluding carboxylic acids is 1. The molecule has 2 N–H and O–H groups in total. The Bertz CT molecular complexity index is 1090. The van der Waals surface area contributed by atoms with Crippen LogP contribution in [0.4, 0.5) is 11.4 Å². The molecule has 0 bridgehead atoms. The summed E-state index contributed by atoms with van der Waals surface area (Å²) in [5.74, 6) is -0.287. The Balaban J connectivity index is 1.70. The highest BCUT2D eigenvalue weighted by atomic mass is 35.5. The molecule has 146 valence electrons. The maximum Gasteiger partial charge on any atom is 0.263 e. The molecule has 0 aliphatic carbocycles. The number of nitrogens with one attached hydrogen (secondary N) is 2. The molecule has 0 aliphatic heterocycles. The Morgan fingerprint density at radius 1 is 1.11 bits per heavy atom. The Hall–Kier alpha value is -2.62. The first-order valence-electron chi connectivity index (χ1n) is 7.99. The number of aromatic nitrogens is 3. The summed E-state index contributed by atoms with van der Waals surface area (Å²) >= 11 is 11.8. The largest absolute Gasteiger partial charge is 0.324 e. The van der Waals surface area contributed by atoms with Gasteiger partial charge in [-0.2, -0.15) is 5.10 Å². The molecule has 0 saturated heterocycles. The van der Waals surface area contributed by atoms with Crippen molar-refractivity contribution in [1.82, 2.24) is 14.8 Å². The first-order chi connectivity index (χ1) is 13.3. The van der Waals surface area contributed by atoms with Crippen LogP contribution >= 0.6 is 23.2 Å². The molecular weight excluding hydrogens is 425 g/mol. The van der Waals surface area contributed by atoms with Crippen LogP contribution in [-0.2, 0) is 14.8 Å². The Labute approximate surface area is 171 Å². The zero-order valence-electron chi connectivity index (χ0n) is 14.5. The summed E-state index contributed by atoms with van der Waals surface area (Å²) in [6.07, 6.45) is 2.79. The predicted molar refractivity (Wildman–Crippen MR) is 107 cm³/mol. The minimum absolute atomic E-state index is 0.0582. The maximum absolute atomic E-state index is 12.5. The Kier molecular flexibility index (Phi) is 5.87. The second-order valence-corrected chi connectivity index (χ2v) is 8.29. The molecule has 11 heteroatoms. The van der Waals surface area contributed by atoms with Crippen LogP contribution in [0.15, 0.2) is 60.0 Å². The van der Waals surface area contributed by atoms with Crippen LogP contribution in [0.1, 0.15) is 13.0 Å². The molecule has 0 saturated carbocycles. The van der Waals surface area contributed by atoms with Gasteiger partial charge in [-0.25, -0.2) is 18.1 Å². The van der Waals surface area contributed by atoms with E-state index in [1.165, 1.54) is 47.7 Å². The number of benzene rings is 2. The van der Waals surface area contributed by atoms with Crippen LogP contribution in [0, 0.1) is 0 Å². The summed E-state index contributed by atoms with van der Waals surface area (Å²) in [5, 5.41) is 6.96. The van der Waals surface area contributed by atoms with Gasteiger partial charge in [0.25, 0.3) is 10.0 Å². The molecule has 8 nitrogen and oxygen atoms in total. The number of sulfonamides is 1. The molecule has 28 heavy (non-hydrogen) atoms. The Morgan fingerprint density at radius 2 is 1.79 bits per heavy atom. The average Bonchev–Trinajstić information content (AvgIpc) is 3.19. The molecule has 0 aliphatic rings. The minimum Gasteiger partial charge on any atom is -0.324 e. The highest BCUT2D eigenvalue weighted by Gasteiger charge is 2.19. The number of anilines is 2. The fourth-order valence-corrected chi connectivity index (χ4v) is 4.12. The molecule has 3 rings (SSSR count). The predicted octanol–water partition coefficient (Wildman–Crippen LogP) is 3.59. The fourth-order valence-electron chi connectivity index (χ4n) is 2.30. The number of hydrogen-bond donors (Lipinski definition) is 2. The van der Waals surface area contributed by atoms with Gasteiger partial charge in [-0.05, 0) is 49.4 Å². The average molecular weight is 440 g/mol. The zero-order chi connectivity index (χ0) is 20.3. The van der Waals surface area contributed by atoms with Gasteiger partial charge in [0.2, 0.25) is 5.91 Å². The SMILES string of the molecule is C[C@H](C(=O)Nc1ccc(NS(=O)(=O)c2cc(Cl)ccc2Cl)cc1)n1cncn1. The third kappa shape index (κ3) is 4.61. The highest BCUT2D eigenvalue weighted by Crippen LogP contribution is 2.27. The van der Waals surface area contributed by atoms with E-state index < -0.39 is 16.1 Å². The summed E-state index contributed by atoms with van der Waals surface area (Å²) < 4.78 is 28.9. The van der Waals surface area contributed by atoms with E-state index >= 15 is 0 Å². The lowest BCUT2D eigenvalue weighted by atomic mass is 10.2. The Morgan fingerprint density at radius 3 is 2.43 bits per heavy atom. The van der Waals surface area contributed by atoms with Crippen LogP contribution in [0.25, 0.3) is 0 Å². The third-order valence-corrected chi connectivity index (χ3v) is 5.90. The van der Waals surface area contributed by atoms with Crippen molar-refractivity contribution >= 4 is 50.5 Å². The van der Waals surface area contributed by atoms with Crippen molar-refractivity contribution in [3.8, 4) is 0 Å². The fraction of sp³-hybridized carbons (Fsp3) is 0.118. The molecule has 1 aromatic heterocycles. The third-order valence-electron chi connectivity index (χ3n) is 3.80. The monoisotopic (exact) mass is 439 g/mol. The second kappa shape index (κ2) is 8.17. The number of hydrogen-bond acceptors (Lipinski definition) is 5. The van der Waals surface area contributed by atoms with Crippen molar-refractivity contribution in [2.24, 2.45) is 0 Å². The van der Waals surface area contributed by atoms with E-state index in [9.17, 15) is 13.2 Å². The molecule has 2 aromatic carbocycles. The topological polar surface area (TPSA) is 106 Å². The van der Waals surface area contributed by atoms with Crippen molar-refractivity contribution in [1.29, 1.82) is 0 Å². The van der Waals surface area contributed by atoms with E-state index in [1.807, 2.05) is 0 Å². The second-order valence-electron chi connectivity index (χ2n) is 5.80. The van der Waals surface area contributed by atoms with E-state index in [-0.39, 0.29) is 20.8 Å². The maximum atomic E-state index is 12.5. The molecule has 1 atom stereocenters. The van der Waals surface area contributed by atoms with Crippen molar-refractivity contribution < 1.29 is 13.2 Å². The molecule has 1 amide bonds. The lowest BCUT2D eigenvalue weighted by molar-refractivity contribution is -0.119.